The summed E-state index contributed by atoms with van der Waals surface area (Å²) >= 11 is 0. The van der Waals surface area contributed by atoms with Gasteiger partial charge in [0.2, 0.25) is 0 Å². The maximum atomic E-state index is 5.24. The zero-order chi connectivity index (χ0) is 19.3. The van der Waals surface area contributed by atoms with Crippen LogP contribution in [0.3, 0.4) is 0 Å². The summed E-state index contributed by atoms with van der Waals surface area (Å²) in [7, 11) is 3.97. The minimum Gasteiger partial charge on any atom is -0.497 e. The van der Waals surface area contributed by atoms with Crippen LogP contribution < -0.4 is 10.1 Å². The first-order chi connectivity index (χ1) is 13.0. The van der Waals surface area contributed by atoms with Gasteiger partial charge in [-0.05, 0) is 62.5 Å². The highest BCUT2D eigenvalue weighted by molar-refractivity contribution is 5.29. The van der Waals surface area contributed by atoms with E-state index in [1.807, 2.05) is 12.1 Å². The molecule has 1 aliphatic rings. The second kappa shape index (κ2) is 8.90. The van der Waals surface area contributed by atoms with Crippen molar-refractivity contribution in [3.63, 3.8) is 0 Å². The molecule has 27 heavy (non-hydrogen) atoms. The Morgan fingerprint density at radius 2 is 1.78 bits per heavy atom. The number of rotatable bonds is 7. The lowest BCUT2D eigenvalue weighted by molar-refractivity contribution is 0.0689. The minimum atomic E-state index is 0.250. The topological polar surface area (TPSA) is 24.5 Å². The first-order valence-corrected chi connectivity index (χ1v) is 10.1. The average molecular weight is 367 g/mol. The molecule has 1 aliphatic heterocycles. The molecule has 3 rings (SSSR count). The van der Waals surface area contributed by atoms with Gasteiger partial charge in [-0.2, -0.15) is 0 Å². The standard InChI is InChI=1S/C24H34N2O/c1-19-18-26(3)20(2)16-24(19,22-8-6-5-7-9-22)14-15-25-17-21-10-12-23(27-4)13-11-21/h5-13,19-20,25H,14-18H2,1-4H3/t19-,20-,24+/m1/s1. The SMILES string of the molecule is COc1ccc(CNCC[C@]2(c3ccccc3)C[C@@H](C)N(C)C[C@H]2C)cc1. The van der Waals surface area contributed by atoms with Gasteiger partial charge in [-0.15, -0.1) is 0 Å². The Labute approximate surface area is 164 Å². The Kier molecular flexibility index (Phi) is 6.56. The summed E-state index contributed by atoms with van der Waals surface area (Å²) in [5.74, 6) is 1.56. The largest absolute Gasteiger partial charge is 0.497 e. The summed E-state index contributed by atoms with van der Waals surface area (Å²) in [4.78, 5) is 2.51. The Balaban J connectivity index is 1.67. The van der Waals surface area contributed by atoms with Crippen molar-refractivity contribution < 1.29 is 4.74 Å². The average Bonchev–Trinajstić information content (AvgIpc) is 2.70. The van der Waals surface area contributed by atoms with E-state index in [-0.39, 0.29) is 5.41 Å². The Hall–Kier alpha value is -1.84. The van der Waals surface area contributed by atoms with Crippen LogP contribution in [0.1, 0.15) is 37.8 Å². The molecule has 3 heteroatoms. The molecule has 2 aromatic rings. The zero-order valence-electron chi connectivity index (χ0n) is 17.2. The van der Waals surface area contributed by atoms with Crippen LogP contribution in [-0.2, 0) is 12.0 Å². The van der Waals surface area contributed by atoms with Crippen LogP contribution in [0.25, 0.3) is 0 Å². The van der Waals surface area contributed by atoms with Gasteiger partial charge in [-0.1, -0.05) is 49.4 Å². The number of piperidine rings is 1. The molecule has 0 unspecified atom stereocenters. The lowest BCUT2D eigenvalue weighted by Crippen LogP contribution is -2.52. The highest BCUT2D eigenvalue weighted by Gasteiger charge is 2.43. The quantitative estimate of drug-likeness (QED) is 0.732. The van der Waals surface area contributed by atoms with E-state index in [0.717, 1.165) is 25.4 Å². The third-order valence-electron chi connectivity index (χ3n) is 6.50. The number of hydrogen-bond acceptors (Lipinski definition) is 3. The number of nitrogens with one attached hydrogen (secondary N) is 1. The van der Waals surface area contributed by atoms with Crippen LogP contribution in [0.15, 0.2) is 54.6 Å². The van der Waals surface area contributed by atoms with E-state index in [1.54, 1.807) is 7.11 Å². The van der Waals surface area contributed by atoms with E-state index in [9.17, 15) is 0 Å². The summed E-state index contributed by atoms with van der Waals surface area (Å²) < 4.78 is 5.24. The first-order valence-electron chi connectivity index (χ1n) is 10.1. The molecule has 1 saturated heterocycles. The second-order valence-electron chi connectivity index (χ2n) is 8.19. The van der Waals surface area contributed by atoms with Crippen molar-refractivity contribution in [3.8, 4) is 5.75 Å². The first kappa shape index (κ1) is 19.9. The van der Waals surface area contributed by atoms with Crippen LogP contribution in [-0.4, -0.2) is 38.2 Å². The highest BCUT2D eigenvalue weighted by Crippen LogP contribution is 2.44. The fourth-order valence-corrected chi connectivity index (χ4v) is 4.62. The van der Waals surface area contributed by atoms with Gasteiger partial charge in [0.1, 0.15) is 5.75 Å². The smallest absolute Gasteiger partial charge is 0.118 e. The summed E-state index contributed by atoms with van der Waals surface area (Å²) in [5.41, 5.74) is 3.05. The molecule has 0 bridgehead atoms. The van der Waals surface area contributed by atoms with Crippen molar-refractivity contribution in [2.75, 3.05) is 27.2 Å². The van der Waals surface area contributed by atoms with E-state index in [0.29, 0.717) is 12.0 Å². The summed E-state index contributed by atoms with van der Waals surface area (Å²) in [6.07, 6.45) is 2.39. The summed E-state index contributed by atoms with van der Waals surface area (Å²) in [6.45, 7) is 7.89. The van der Waals surface area contributed by atoms with Gasteiger partial charge >= 0.3 is 0 Å². The molecule has 146 valence electrons. The Morgan fingerprint density at radius 3 is 2.44 bits per heavy atom. The van der Waals surface area contributed by atoms with E-state index in [4.69, 9.17) is 4.74 Å². The Bertz CT molecular complexity index is 700. The third-order valence-corrected chi connectivity index (χ3v) is 6.50. The van der Waals surface area contributed by atoms with Crippen molar-refractivity contribution in [1.29, 1.82) is 0 Å². The minimum absolute atomic E-state index is 0.250. The van der Waals surface area contributed by atoms with E-state index < -0.39 is 0 Å². The molecule has 1 fully saturated rings. The van der Waals surface area contributed by atoms with Crippen LogP contribution >= 0.6 is 0 Å². The van der Waals surface area contributed by atoms with Gasteiger partial charge in [-0.3, -0.25) is 0 Å². The van der Waals surface area contributed by atoms with E-state index in [2.05, 4.69) is 73.6 Å². The molecular formula is C24H34N2O. The van der Waals surface area contributed by atoms with E-state index in [1.165, 1.54) is 24.0 Å². The third kappa shape index (κ3) is 4.53. The van der Waals surface area contributed by atoms with Crippen molar-refractivity contribution in [1.82, 2.24) is 10.2 Å². The van der Waals surface area contributed by atoms with Crippen LogP contribution in [0.4, 0.5) is 0 Å². The zero-order valence-corrected chi connectivity index (χ0v) is 17.2. The fraction of sp³-hybridized carbons (Fsp3) is 0.500. The lowest BCUT2D eigenvalue weighted by Gasteiger charge is -2.50. The number of ether oxygens (including phenoxy) is 1. The molecule has 0 aliphatic carbocycles. The molecule has 0 aromatic heterocycles. The van der Waals surface area contributed by atoms with Crippen LogP contribution in [0.2, 0.25) is 0 Å². The maximum absolute atomic E-state index is 5.24. The number of benzene rings is 2. The second-order valence-corrected chi connectivity index (χ2v) is 8.19. The van der Waals surface area contributed by atoms with Gasteiger partial charge in [0.25, 0.3) is 0 Å². The molecule has 0 radical (unpaired) electrons. The van der Waals surface area contributed by atoms with Crippen molar-refractivity contribution in [2.45, 2.75) is 44.7 Å². The molecule has 0 amide bonds. The number of hydrogen-bond donors (Lipinski definition) is 1. The monoisotopic (exact) mass is 366 g/mol. The molecule has 2 aromatic carbocycles. The van der Waals surface area contributed by atoms with Gasteiger partial charge in [-0.25, -0.2) is 0 Å². The molecule has 3 atom stereocenters. The summed E-state index contributed by atoms with van der Waals surface area (Å²) in [6, 6.07) is 20.1. The molecule has 1 heterocycles. The molecule has 3 nitrogen and oxygen atoms in total. The normalized spacial score (nSPS) is 26.1. The van der Waals surface area contributed by atoms with Crippen molar-refractivity contribution in [3.05, 3.63) is 65.7 Å². The molecule has 0 saturated carbocycles. The number of methoxy groups -OCH3 is 1. The number of likely N-dealkylation sites (tertiary alicyclic amines) is 1. The van der Waals surface area contributed by atoms with E-state index >= 15 is 0 Å². The van der Waals surface area contributed by atoms with Gasteiger partial charge in [0.05, 0.1) is 7.11 Å². The van der Waals surface area contributed by atoms with Gasteiger partial charge in [0.15, 0.2) is 0 Å². The fourth-order valence-electron chi connectivity index (χ4n) is 4.62. The predicted molar refractivity (Wildman–Crippen MR) is 113 cm³/mol. The summed E-state index contributed by atoms with van der Waals surface area (Å²) in [5, 5.41) is 3.67. The number of nitrogens with zero attached hydrogens (tertiary/aromatic N) is 1. The highest BCUT2D eigenvalue weighted by atomic mass is 16.5. The van der Waals surface area contributed by atoms with Crippen LogP contribution in [0.5, 0.6) is 5.75 Å². The predicted octanol–water partition coefficient (Wildman–Crippen LogP) is 4.47. The van der Waals surface area contributed by atoms with Crippen molar-refractivity contribution >= 4 is 0 Å². The molecule has 1 N–H and O–H groups in total. The molecular weight excluding hydrogens is 332 g/mol. The van der Waals surface area contributed by atoms with Gasteiger partial charge in [0, 0.05) is 24.5 Å². The lowest BCUT2D eigenvalue weighted by atomic mass is 9.63. The van der Waals surface area contributed by atoms with Gasteiger partial charge < -0.3 is 15.0 Å². The molecule has 0 spiro atoms. The maximum Gasteiger partial charge on any atom is 0.118 e. The van der Waals surface area contributed by atoms with Crippen LogP contribution in [0, 0.1) is 5.92 Å². The Morgan fingerprint density at radius 1 is 1.07 bits per heavy atom. The van der Waals surface area contributed by atoms with Crippen molar-refractivity contribution in [2.24, 2.45) is 5.92 Å².